The predicted octanol–water partition coefficient (Wildman–Crippen LogP) is -2.49. The number of aromatic hydroxyl groups is 1. The molecule has 492 valence electrons. The maximum Gasteiger partial charge on any atom is 0.245 e. The summed E-state index contributed by atoms with van der Waals surface area (Å²) in [5.41, 5.74) is 12.4. The Hall–Kier alpha value is -9.16. The Balaban J connectivity index is 0.0000147. The van der Waals surface area contributed by atoms with E-state index in [1.165, 1.54) is 41.7 Å². The number of rotatable bonds is 32. The number of nitrogens with one attached hydrogen (secondary N) is 11. The zero-order valence-electron chi connectivity index (χ0n) is 51.6. The smallest absolute Gasteiger partial charge is 0.245 e. The fourth-order valence-corrected chi connectivity index (χ4v) is 10.3. The number of phenolic OH excluding ortho intramolecular Hbond substituents is 1. The van der Waals surface area contributed by atoms with Crippen molar-refractivity contribution < 1.29 is 68.4 Å². The van der Waals surface area contributed by atoms with E-state index in [1.807, 2.05) is 13.8 Å². The Morgan fingerprint density at radius 3 is 1.97 bits per heavy atom. The molecular weight excluding hydrogens is 1170 g/mol. The summed E-state index contributed by atoms with van der Waals surface area (Å²) in [6.07, 6.45) is 5.56. The number of aliphatic hydroxyl groups is 1. The van der Waals surface area contributed by atoms with Gasteiger partial charge in [0.25, 0.3) is 0 Å². The predicted molar refractivity (Wildman–Crippen MR) is 330 cm³/mol. The number of nitrogens with two attached hydrogens (primary N) is 2. The van der Waals surface area contributed by atoms with Gasteiger partial charge in [-0.1, -0.05) is 44.2 Å². The maximum atomic E-state index is 14.8. The molecule has 2 aliphatic heterocycles. The molecule has 2 fully saturated rings. The molecule has 2 saturated heterocycles. The Bertz CT molecular complexity index is 3130. The van der Waals surface area contributed by atoms with E-state index >= 15 is 0 Å². The summed E-state index contributed by atoms with van der Waals surface area (Å²) >= 11 is 0. The molecule has 6 rings (SSSR count). The van der Waals surface area contributed by atoms with Gasteiger partial charge in [-0.3, -0.25) is 52.9 Å². The summed E-state index contributed by atoms with van der Waals surface area (Å²) in [6.45, 7) is 9.78. The highest BCUT2D eigenvalue weighted by Gasteiger charge is 2.40. The molecule has 19 N–H and O–H groups in total. The molecule has 4 aromatic rings. The first-order chi connectivity index (χ1) is 42.3. The van der Waals surface area contributed by atoms with Crippen LogP contribution in [-0.4, -0.2) is 193 Å². The molecule has 5 unspecified atom stereocenters. The number of ether oxygens (including phenoxy) is 1. The highest BCUT2D eigenvalue weighted by molar-refractivity contribution is 5.99. The van der Waals surface area contributed by atoms with Gasteiger partial charge in [0, 0.05) is 74.3 Å². The van der Waals surface area contributed by atoms with Crippen molar-refractivity contribution in [3.8, 4) is 5.75 Å². The number of likely N-dealkylation sites (tertiary alicyclic amines) is 1. The summed E-state index contributed by atoms with van der Waals surface area (Å²) in [5, 5.41) is 45.7. The molecule has 10 amide bonds. The topological polar surface area (TPSA) is 472 Å². The Labute approximate surface area is 521 Å². The SMILES string of the molecule is CCNC(=O)[C@@H]1CCCN1C(=O)[C@H](CCCN=C(N)N)NC(=O)C(CC(C)C)NC(=O)C(COC(C)(C)C)NC(=O)[C@H](Cc1ccc(O)cc1)NC(=O)C(CO)NC(=O)[C@H](Cc1c[nH]c2ccccc12)NC(=O)C(Cc1cnc[nH]1)NC(=O)C1CCC(=O)N1.O. The molecule has 0 saturated carbocycles. The van der Waals surface area contributed by atoms with Crippen LogP contribution in [0.15, 0.2) is 72.2 Å². The third-order valence-corrected chi connectivity index (χ3v) is 14.9. The molecule has 0 aliphatic carbocycles. The van der Waals surface area contributed by atoms with Crippen molar-refractivity contribution in [1.82, 2.24) is 67.7 Å². The largest absolute Gasteiger partial charge is 0.508 e. The van der Waals surface area contributed by atoms with Crippen LogP contribution in [0.4, 0.5) is 0 Å². The zero-order valence-corrected chi connectivity index (χ0v) is 51.6. The third kappa shape index (κ3) is 21.6. The zero-order chi connectivity index (χ0) is 65.0. The molecule has 2 aliphatic rings. The summed E-state index contributed by atoms with van der Waals surface area (Å²) in [6, 6.07) is 1.02. The van der Waals surface area contributed by atoms with Gasteiger partial charge < -0.3 is 94.6 Å². The molecule has 0 radical (unpaired) electrons. The maximum absolute atomic E-state index is 14.8. The number of carbonyl (C=O) groups is 10. The molecule has 30 heteroatoms. The van der Waals surface area contributed by atoms with Gasteiger partial charge in [-0.05, 0) is 101 Å². The lowest BCUT2D eigenvalue weighted by Crippen LogP contribution is -2.62. The van der Waals surface area contributed by atoms with Crippen LogP contribution in [0.1, 0.15) is 103 Å². The number of aliphatic imine (C=N–C) groups is 1. The number of fused-ring (bicyclic) bond motifs is 1. The second-order valence-corrected chi connectivity index (χ2v) is 23.6. The summed E-state index contributed by atoms with van der Waals surface area (Å²) in [7, 11) is 0. The number of amides is 10. The van der Waals surface area contributed by atoms with Crippen molar-refractivity contribution in [2.45, 2.75) is 166 Å². The number of H-pyrrole nitrogens is 2. The van der Waals surface area contributed by atoms with Gasteiger partial charge in [0.05, 0.1) is 25.1 Å². The number of benzene rings is 2. The number of guanidine groups is 1. The van der Waals surface area contributed by atoms with Crippen molar-refractivity contribution in [1.29, 1.82) is 0 Å². The van der Waals surface area contributed by atoms with Gasteiger partial charge in [-0.2, -0.15) is 0 Å². The molecule has 9 atom stereocenters. The van der Waals surface area contributed by atoms with E-state index in [4.69, 9.17) is 16.2 Å². The summed E-state index contributed by atoms with van der Waals surface area (Å²) in [5.74, 6) is -7.72. The van der Waals surface area contributed by atoms with Crippen molar-refractivity contribution in [3.05, 3.63) is 84.1 Å². The molecule has 90 heavy (non-hydrogen) atoms. The van der Waals surface area contributed by atoms with E-state index in [0.717, 1.165) is 0 Å². The lowest BCUT2D eigenvalue weighted by Gasteiger charge is -2.31. The molecule has 4 heterocycles. The molecule has 0 spiro atoms. The number of nitrogens with zero attached hydrogens (tertiary/aromatic N) is 3. The van der Waals surface area contributed by atoms with Crippen LogP contribution in [0, 0.1) is 5.92 Å². The molecule has 0 bridgehead atoms. The van der Waals surface area contributed by atoms with E-state index in [-0.39, 0.29) is 99.4 Å². The first-order valence-corrected chi connectivity index (χ1v) is 29.9. The van der Waals surface area contributed by atoms with E-state index in [1.54, 1.807) is 58.2 Å². The van der Waals surface area contributed by atoms with Gasteiger partial charge in [0.2, 0.25) is 59.1 Å². The van der Waals surface area contributed by atoms with Crippen molar-refractivity contribution >= 4 is 75.9 Å². The lowest BCUT2D eigenvalue weighted by molar-refractivity contribution is -0.142. The van der Waals surface area contributed by atoms with Crippen LogP contribution in [-0.2, 0) is 71.9 Å². The van der Waals surface area contributed by atoms with Gasteiger partial charge >= 0.3 is 0 Å². The fraction of sp³-hybridized carbons (Fsp3) is 0.533. The van der Waals surface area contributed by atoms with Crippen molar-refractivity contribution in [3.63, 3.8) is 0 Å². The number of phenols is 1. The number of likely N-dealkylation sites (N-methyl/N-ethyl adjacent to an activating group) is 1. The van der Waals surface area contributed by atoms with E-state index in [0.29, 0.717) is 47.1 Å². The van der Waals surface area contributed by atoms with Gasteiger partial charge in [0.15, 0.2) is 5.96 Å². The average molecular weight is 1260 g/mol. The van der Waals surface area contributed by atoms with Gasteiger partial charge in [-0.15, -0.1) is 0 Å². The number of para-hydroxylation sites is 1. The molecular formula is C60H88N16O14. The van der Waals surface area contributed by atoms with Gasteiger partial charge in [-0.25, -0.2) is 4.98 Å². The third-order valence-electron chi connectivity index (χ3n) is 14.9. The number of hydrogen-bond acceptors (Lipinski definition) is 15. The molecule has 30 nitrogen and oxygen atoms in total. The molecule has 2 aromatic carbocycles. The van der Waals surface area contributed by atoms with Crippen LogP contribution in [0.25, 0.3) is 10.9 Å². The standard InChI is InChI=1S/C60H86N16O13.H2O/c1-7-64-57(87)48-15-11-23-76(48)58(88)41(14-10-22-65-59(61)62)69-51(81)42(24-33(2)3)70-56(86)47(31-89-60(4,5)6)75-52(82)43(25-34-16-18-37(78)19-17-34)71-55(85)46(30-77)74-53(83)44(26-35-28-66-39-13-9-8-12-38(35)39)72-54(84)45(27-36-29-63-32-67-36)73-50(80)40-20-21-49(79)68-40;/h8-9,12-13,16-19,28-29,32-33,40-48,66,77-78H,7,10-11,14-15,20-27,30-31H2,1-6H3,(H,63,67)(H,64,87)(H,68,79)(H,69,81)(H,70,86)(H,71,85)(H,72,84)(H,73,80)(H,74,83)(H,75,82)(H4,61,62,65);1H2/t40?,41-,42?,43-,44-,45?,46?,47?,48-;/m0./s1. The van der Waals surface area contributed by atoms with Crippen LogP contribution < -0.4 is 59.3 Å². The Morgan fingerprint density at radius 2 is 1.36 bits per heavy atom. The number of carbonyl (C=O) groups excluding carboxylic acids is 10. The van der Waals surface area contributed by atoms with Crippen LogP contribution in [0.3, 0.4) is 0 Å². The first kappa shape index (κ1) is 71.6. The van der Waals surface area contributed by atoms with Crippen LogP contribution >= 0.6 is 0 Å². The number of hydrogen-bond donors (Lipinski definition) is 15. The van der Waals surface area contributed by atoms with Gasteiger partial charge in [0.1, 0.15) is 60.1 Å². The normalized spacial score (nSPS) is 17.0. The second kappa shape index (κ2) is 34.0. The summed E-state index contributed by atoms with van der Waals surface area (Å²) in [4.78, 5) is 156. The quantitative estimate of drug-likeness (QED) is 0.0137. The minimum absolute atomic E-state index is 0. The van der Waals surface area contributed by atoms with E-state index in [9.17, 15) is 58.2 Å². The molecule has 2 aromatic heterocycles. The number of aromatic amines is 2. The Kier molecular flexibility index (Phi) is 27.0. The first-order valence-electron chi connectivity index (χ1n) is 29.9. The van der Waals surface area contributed by atoms with Crippen LogP contribution in [0.5, 0.6) is 5.75 Å². The van der Waals surface area contributed by atoms with Crippen molar-refractivity contribution in [2.75, 3.05) is 32.8 Å². The number of aromatic nitrogens is 3. The van der Waals surface area contributed by atoms with E-state index in [2.05, 4.69) is 67.8 Å². The number of aliphatic hydroxyl groups excluding tert-OH is 1. The highest BCUT2D eigenvalue weighted by atomic mass is 16.5. The Morgan fingerprint density at radius 1 is 0.756 bits per heavy atom. The monoisotopic (exact) mass is 1260 g/mol. The average Bonchev–Trinajstić information content (AvgIpc) is 2.00. The minimum atomic E-state index is -1.78. The second-order valence-electron chi connectivity index (χ2n) is 23.6. The number of imidazole rings is 1. The van der Waals surface area contributed by atoms with E-state index < -0.39 is 120 Å². The summed E-state index contributed by atoms with van der Waals surface area (Å²) < 4.78 is 6.04. The highest BCUT2D eigenvalue weighted by Crippen LogP contribution is 2.22. The minimum Gasteiger partial charge on any atom is -0.508 e. The fourth-order valence-electron chi connectivity index (χ4n) is 10.3. The lowest BCUT2D eigenvalue weighted by atomic mass is 10.0. The van der Waals surface area contributed by atoms with Crippen molar-refractivity contribution in [2.24, 2.45) is 22.4 Å². The van der Waals surface area contributed by atoms with Crippen LogP contribution in [0.2, 0.25) is 0 Å².